The summed E-state index contributed by atoms with van der Waals surface area (Å²) in [6, 6.07) is 8.23. The Bertz CT molecular complexity index is 523. The van der Waals surface area contributed by atoms with Gasteiger partial charge in [0, 0.05) is 20.1 Å². The first-order chi connectivity index (χ1) is 10.2. The van der Waals surface area contributed by atoms with Crippen molar-refractivity contribution < 1.29 is 4.79 Å². The first kappa shape index (κ1) is 14.4. The first-order valence-corrected chi connectivity index (χ1v) is 8.05. The van der Waals surface area contributed by atoms with Crippen LogP contribution in [0.1, 0.15) is 32.6 Å². The third kappa shape index (κ3) is 2.42. The minimum absolute atomic E-state index is 0.266. The van der Waals surface area contributed by atoms with Gasteiger partial charge in [-0.25, -0.2) is 0 Å². The van der Waals surface area contributed by atoms with E-state index in [9.17, 15) is 4.79 Å². The van der Waals surface area contributed by atoms with Gasteiger partial charge in [0.2, 0.25) is 5.91 Å². The van der Waals surface area contributed by atoms with Crippen molar-refractivity contribution in [2.45, 2.75) is 38.1 Å². The van der Waals surface area contributed by atoms with Gasteiger partial charge >= 0.3 is 0 Å². The number of amides is 1. The van der Waals surface area contributed by atoms with E-state index >= 15 is 0 Å². The Morgan fingerprint density at radius 3 is 2.71 bits per heavy atom. The highest BCUT2D eigenvalue weighted by Gasteiger charge is 2.43. The van der Waals surface area contributed by atoms with Gasteiger partial charge in [0.05, 0.1) is 16.9 Å². The molecular formula is C17H25N3O. The number of hydrogen-bond donors (Lipinski definition) is 1. The maximum absolute atomic E-state index is 13.2. The lowest BCUT2D eigenvalue weighted by molar-refractivity contribution is -0.124. The second-order valence-corrected chi connectivity index (χ2v) is 6.23. The lowest BCUT2D eigenvalue weighted by Gasteiger charge is -2.40. The molecule has 3 rings (SSSR count). The number of carbonyl (C=O) groups is 1. The molecule has 2 aliphatic rings. The molecule has 4 nitrogen and oxygen atoms in total. The fourth-order valence-electron chi connectivity index (χ4n) is 3.71. The van der Waals surface area contributed by atoms with Crippen LogP contribution in [0.15, 0.2) is 24.3 Å². The van der Waals surface area contributed by atoms with E-state index in [0.717, 1.165) is 56.7 Å². The van der Waals surface area contributed by atoms with E-state index in [2.05, 4.69) is 36.3 Å². The Morgan fingerprint density at radius 1 is 1.29 bits per heavy atom. The summed E-state index contributed by atoms with van der Waals surface area (Å²) >= 11 is 0. The van der Waals surface area contributed by atoms with Crippen LogP contribution in [0, 0.1) is 0 Å². The molecule has 21 heavy (non-hydrogen) atoms. The number of nitrogens with one attached hydrogen (secondary N) is 1. The highest BCUT2D eigenvalue weighted by molar-refractivity contribution is 6.03. The summed E-state index contributed by atoms with van der Waals surface area (Å²) in [5, 5.41) is 3.51. The fourth-order valence-corrected chi connectivity index (χ4v) is 3.71. The quantitative estimate of drug-likeness (QED) is 0.927. The first-order valence-electron chi connectivity index (χ1n) is 8.05. The standard InChI is InChI=1S/C17H25N3O/c1-3-9-17(10-6-11-18-17)16(21)20-13-12-19(2)14-7-4-5-8-15(14)20/h4-5,7-8,18H,3,6,9-13H2,1-2H3. The number of benzene rings is 1. The Balaban J connectivity index is 1.93. The van der Waals surface area contributed by atoms with Crippen LogP contribution in [0.2, 0.25) is 0 Å². The largest absolute Gasteiger partial charge is 0.371 e. The van der Waals surface area contributed by atoms with Crippen LogP contribution in [0.5, 0.6) is 0 Å². The van der Waals surface area contributed by atoms with Crippen LogP contribution in [0.4, 0.5) is 11.4 Å². The van der Waals surface area contributed by atoms with Gasteiger partial charge in [-0.1, -0.05) is 25.5 Å². The summed E-state index contributed by atoms with van der Waals surface area (Å²) in [5.41, 5.74) is 1.87. The van der Waals surface area contributed by atoms with Gasteiger partial charge < -0.3 is 15.1 Å². The van der Waals surface area contributed by atoms with E-state index in [1.54, 1.807) is 0 Å². The molecule has 1 saturated heterocycles. The predicted molar refractivity (Wildman–Crippen MR) is 86.9 cm³/mol. The molecular weight excluding hydrogens is 262 g/mol. The Labute approximate surface area is 127 Å². The summed E-state index contributed by atoms with van der Waals surface area (Å²) in [4.78, 5) is 17.5. The summed E-state index contributed by atoms with van der Waals surface area (Å²) in [7, 11) is 2.09. The Hall–Kier alpha value is -1.55. The lowest BCUT2D eigenvalue weighted by atomic mass is 9.89. The van der Waals surface area contributed by atoms with E-state index in [4.69, 9.17) is 0 Å². The van der Waals surface area contributed by atoms with Crippen LogP contribution < -0.4 is 15.1 Å². The number of nitrogens with zero attached hydrogens (tertiary/aromatic N) is 2. The number of rotatable bonds is 3. The van der Waals surface area contributed by atoms with Gasteiger partial charge in [-0.15, -0.1) is 0 Å². The van der Waals surface area contributed by atoms with Crippen molar-refractivity contribution in [3.63, 3.8) is 0 Å². The summed E-state index contributed by atoms with van der Waals surface area (Å²) in [6.45, 7) is 4.79. The van der Waals surface area contributed by atoms with Gasteiger partial charge in [-0.3, -0.25) is 4.79 Å². The SMILES string of the molecule is CCCC1(C(=O)N2CCN(C)c3ccccc32)CCCN1. The number of hydrogen-bond acceptors (Lipinski definition) is 3. The van der Waals surface area contributed by atoms with Crippen molar-refractivity contribution in [3.05, 3.63) is 24.3 Å². The molecule has 0 bridgehead atoms. The Morgan fingerprint density at radius 2 is 2.05 bits per heavy atom. The Kier molecular flexibility index (Phi) is 3.89. The number of fused-ring (bicyclic) bond motifs is 1. The topological polar surface area (TPSA) is 35.6 Å². The number of carbonyl (C=O) groups excluding carboxylic acids is 1. The van der Waals surface area contributed by atoms with E-state index < -0.39 is 0 Å². The van der Waals surface area contributed by atoms with E-state index in [1.807, 2.05) is 17.0 Å². The number of para-hydroxylation sites is 2. The van der Waals surface area contributed by atoms with Crippen molar-refractivity contribution in [3.8, 4) is 0 Å². The zero-order valence-electron chi connectivity index (χ0n) is 13.1. The fraction of sp³-hybridized carbons (Fsp3) is 0.588. The van der Waals surface area contributed by atoms with Crippen LogP contribution in [0.3, 0.4) is 0 Å². The third-order valence-electron chi connectivity index (χ3n) is 4.82. The smallest absolute Gasteiger partial charge is 0.247 e. The van der Waals surface area contributed by atoms with Crippen LogP contribution in [0.25, 0.3) is 0 Å². The van der Waals surface area contributed by atoms with Crippen molar-refractivity contribution in [2.24, 2.45) is 0 Å². The molecule has 0 saturated carbocycles. The molecule has 0 aromatic heterocycles. The van der Waals surface area contributed by atoms with Crippen molar-refractivity contribution in [1.82, 2.24) is 5.32 Å². The minimum Gasteiger partial charge on any atom is -0.371 e. The van der Waals surface area contributed by atoms with E-state index in [0.29, 0.717) is 0 Å². The van der Waals surface area contributed by atoms with Gasteiger partial charge in [-0.05, 0) is 37.9 Å². The minimum atomic E-state index is -0.336. The molecule has 114 valence electrons. The van der Waals surface area contributed by atoms with E-state index in [1.165, 1.54) is 0 Å². The highest BCUT2D eigenvalue weighted by atomic mass is 16.2. The molecule has 0 spiro atoms. The second-order valence-electron chi connectivity index (χ2n) is 6.23. The van der Waals surface area contributed by atoms with Gasteiger partial charge in [0.25, 0.3) is 0 Å². The van der Waals surface area contributed by atoms with Crippen LogP contribution >= 0.6 is 0 Å². The molecule has 1 N–H and O–H groups in total. The molecule has 0 aliphatic carbocycles. The number of anilines is 2. The lowest BCUT2D eigenvalue weighted by Crippen LogP contribution is -2.57. The van der Waals surface area contributed by atoms with E-state index in [-0.39, 0.29) is 11.4 Å². The van der Waals surface area contributed by atoms with Gasteiger partial charge in [-0.2, -0.15) is 0 Å². The predicted octanol–water partition coefficient (Wildman–Crippen LogP) is 2.39. The molecule has 1 atom stereocenters. The highest BCUT2D eigenvalue weighted by Crippen LogP contribution is 2.35. The zero-order chi connectivity index (χ0) is 14.9. The molecule has 4 heteroatoms. The molecule has 1 aromatic rings. The monoisotopic (exact) mass is 287 g/mol. The summed E-state index contributed by atoms with van der Waals surface area (Å²) in [5.74, 6) is 0.266. The molecule has 1 amide bonds. The van der Waals surface area contributed by atoms with Crippen LogP contribution in [-0.2, 0) is 4.79 Å². The average molecular weight is 287 g/mol. The maximum atomic E-state index is 13.2. The van der Waals surface area contributed by atoms with Gasteiger partial charge in [0.15, 0.2) is 0 Å². The van der Waals surface area contributed by atoms with Crippen molar-refractivity contribution in [2.75, 3.05) is 36.5 Å². The maximum Gasteiger partial charge on any atom is 0.247 e. The molecule has 2 heterocycles. The summed E-state index contributed by atoms with van der Waals surface area (Å²) < 4.78 is 0. The zero-order valence-corrected chi connectivity index (χ0v) is 13.1. The molecule has 2 aliphatic heterocycles. The molecule has 0 radical (unpaired) electrons. The molecule has 1 aromatic carbocycles. The van der Waals surface area contributed by atoms with Crippen molar-refractivity contribution in [1.29, 1.82) is 0 Å². The van der Waals surface area contributed by atoms with Crippen molar-refractivity contribution >= 4 is 17.3 Å². The normalized spacial score (nSPS) is 25.0. The third-order valence-corrected chi connectivity index (χ3v) is 4.82. The summed E-state index contributed by atoms with van der Waals surface area (Å²) in [6.07, 6.45) is 4.03. The number of likely N-dealkylation sites (N-methyl/N-ethyl adjacent to an activating group) is 1. The molecule has 1 unspecified atom stereocenters. The molecule has 1 fully saturated rings. The second kappa shape index (κ2) is 5.68. The average Bonchev–Trinajstić information content (AvgIpc) is 2.98. The van der Waals surface area contributed by atoms with Crippen LogP contribution in [-0.4, -0.2) is 38.1 Å². The van der Waals surface area contributed by atoms with Gasteiger partial charge in [0.1, 0.15) is 0 Å².